The summed E-state index contributed by atoms with van der Waals surface area (Å²) in [5, 5.41) is 2.46. The van der Waals surface area contributed by atoms with E-state index in [1.807, 2.05) is 13.8 Å². The van der Waals surface area contributed by atoms with Gasteiger partial charge in [-0.2, -0.15) is 13.2 Å². The maximum atomic E-state index is 12.6. The minimum absolute atomic E-state index is 0.143. The predicted octanol–water partition coefficient (Wildman–Crippen LogP) is 3.33. The molecule has 0 aliphatic rings. The molecule has 1 amide bonds. The molecule has 0 saturated carbocycles. The monoisotopic (exact) mass is 288 g/mol. The first-order chi connectivity index (χ1) is 9.11. The third kappa shape index (κ3) is 4.52. The van der Waals surface area contributed by atoms with Crippen molar-refractivity contribution in [1.29, 1.82) is 0 Å². The summed E-state index contributed by atoms with van der Waals surface area (Å²) >= 11 is 0. The highest BCUT2D eigenvalue weighted by Gasteiger charge is 2.31. The van der Waals surface area contributed by atoms with Crippen LogP contribution >= 0.6 is 0 Å². The van der Waals surface area contributed by atoms with Gasteiger partial charge in [-0.3, -0.25) is 4.79 Å². The Morgan fingerprint density at radius 3 is 2.45 bits per heavy atom. The summed E-state index contributed by atoms with van der Waals surface area (Å²) in [6, 6.07) is 2.50. The van der Waals surface area contributed by atoms with E-state index in [1.165, 1.54) is 6.07 Å². The van der Waals surface area contributed by atoms with Crippen molar-refractivity contribution in [3.05, 3.63) is 29.3 Å². The van der Waals surface area contributed by atoms with Crippen molar-refractivity contribution in [3.63, 3.8) is 0 Å². The number of nitrogens with two attached hydrogens (primary N) is 1. The molecule has 6 heteroatoms. The number of hydrogen-bond donors (Lipinski definition) is 2. The molecule has 1 rings (SSSR count). The van der Waals surface area contributed by atoms with Crippen LogP contribution in [0.5, 0.6) is 0 Å². The maximum absolute atomic E-state index is 12.6. The van der Waals surface area contributed by atoms with E-state index in [0.29, 0.717) is 12.0 Å². The second-order valence-corrected chi connectivity index (χ2v) is 5.25. The summed E-state index contributed by atoms with van der Waals surface area (Å²) in [5.41, 5.74) is 5.61. The number of hydrogen-bond acceptors (Lipinski definition) is 2. The Hall–Kier alpha value is -1.56. The van der Waals surface area contributed by atoms with Crippen LogP contribution in [-0.2, 0) is 11.0 Å². The third-order valence-electron chi connectivity index (χ3n) is 2.88. The number of nitrogens with one attached hydrogen (secondary N) is 1. The van der Waals surface area contributed by atoms with E-state index in [4.69, 9.17) is 5.73 Å². The van der Waals surface area contributed by atoms with Gasteiger partial charge in [-0.05, 0) is 37.0 Å². The Morgan fingerprint density at radius 2 is 1.95 bits per heavy atom. The van der Waals surface area contributed by atoms with Crippen LogP contribution in [0.4, 0.5) is 18.9 Å². The number of halogens is 3. The van der Waals surface area contributed by atoms with Crippen molar-refractivity contribution in [1.82, 2.24) is 0 Å². The number of carbonyl (C=O) groups is 1. The highest BCUT2D eigenvalue weighted by molar-refractivity contribution is 5.95. The van der Waals surface area contributed by atoms with Crippen molar-refractivity contribution >= 4 is 11.6 Å². The van der Waals surface area contributed by atoms with Gasteiger partial charge >= 0.3 is 6.18 Å². The van der Waals surface area contributed by atoms with Gasteiger partial charge in [0.25, 0.3) is 0 Å². The molecule has 20 heavy (non-hydrogen) atoms. The molecule has 3 N–H and O–H groups in total. The molecule has 1 aromatic carbocycles. The number of carbonyl (C=O) groups excluding carboxylic acids is 1. The number of aryl methyl sites for hydroxylation is 1. The quantitative estimate of drug-likeness (QED) is 0.893. The van der Waals surface area contributed by atoms with Crippen LogP contribution in [0.1, 0.15) is 31.4 Å². The minimum Gasteiger partial charge on any atom is -0.324 e. The van der Waals surface area contributed by atoms with E-state index < -0.39 is 23.7 Å². The fraction of sp³-hybridized carbons (Fsp3) is 0.500. The largest absolute Gasteiger partial charge is 0.416 e. The van der Waals surface area contributed by atoms with E-state index in [0.717, 1.165) is 12.1 Å². The van der Waals surface area contributed by atoms with Gasteiger partial charge in [0.1, 0.15) is 0 Å². The van der Waals surface area contributed by atoms with Gasteiger partial charge in [0.15, 0.2) is 0 Å². The molecular weight excluding hydrogens is 269 g/mol. The summed E-state index contributed by atoms with van der Waals surface area (Å²) in [7, 11) is 0. The highest BCUT2D eigenvalue weighted by atomic mass is 19.4. The average molecular weight is 288 g/mol. The van der Waals surface area contributed by atoms with E-state index in [-0.39, 0.29) is 11.6 Å². The minimum atomic E-state index is -4.44. The van der Waals surface area contributed by atoms with Gasteiger partial charge in [-0.15, -0.1) is 0 Å². The number of benzene rings is 1. The van der Waals surface area contributed by atoms with Crippen molar-refractivity contribution in [2.24, 2.45) is 11.7 Å². The maximum Gasteiger partial charge on any atom is 0.416 e. The van der Waals surface area contributed by atoms with Crippen molar-refractivity contribution in [2.75, 3.05) is 5.32 Å². The molecule has 0 unspecified atom stereocenters. The molecule has 1 atom stereocenters. The van der Waals surface area contributed by atoms with Gasteiger partial charge < -0.3 is 11.1 Å². The van der Waals surface area contributed by atoms with Crippen LogP contribution in [0.3, 0.4) is 0 Å². The zero-order chi connectivity index (χ0) is 15.5. The normalized spacial score (nSPS) is 13.4. The van der Waals surface area contributed by atoms with Crippen LogP contribution in [-0.4, -0.2) is 11.9 Å². The van der Waals surface area contributed by atoms with E-state index in [2.05, 4.69) is 5.32 Å². The lowest BCUT2D eigenvalue weighted by atomic mass is 10.0. The van der Waals surface area contributed by atoms with Gasteiger partial charge in [0, 0.05) is 5.69 Å². The van der Waals surface area contributed by atoms with Crippen molar-refractivity contribution in [2.45, 2.75) is 39.4 Å². The molecule has 3 nitrogen and oxygen atoms in total. The van der Waals surface area contributed by atoms with Crippen LogP contribution < -0.4 is 11.1 Å². The molecule has 1 aromatic rings. The van der Waals surface area contributed by atoms with Crippen molar-refractivity contribution in [3.8, 4) is 0 Å². The molecule has 112 valence electrons. The zero-order valence-corrected chi connectivity index (χ0v) is 11.7. The summed E-state index contributed by atoms with van der Waals surface area (Å²) in [4.78, 5) is 11.8. The third-order valence-corrected chi connectivity index (χ3v) is 2.88. The van der Waals surface area contributed by atoms with Crippen LogP contribution in [0.15, 0.2) is 18.2 Å². The number of amides is 1. The van der Waals surface area contributed by atoms with E-state index in [9.17, 15) is 18.0 Å². The van der Waals surface area contributed by atoms with Gasteiger partial charge in [-0.25, -0.2) is 0 Å². The Kier molecular flexibility index (Phi) is 5.16. The Bertz CT molecular complexity index is 484. The lowest BCUT2D eigenvalue weighted by Gasteiger charge is -2.16. The molecule has 0 aliphatic heterocycles. The fourth-order valence-electron chi connectivity index (χ4n) is 1.77. The summed E-state index contributed by atoms with van der Waals surface area (Å²) < 4.78 is 37.9. The lowest BCUT2D eigenvalue weighted by molar-refractivity contribution is -0.137. The van der Waals surface area contributed by atoms with Crippen LogP contribution in [0, 0.1) is 12.8 Å². The zero-order valence-electron chi connectivity index (χ0n) is 11.7. The highest BCUT2D eigenvalue weighted by Crippen LogP contribution is 2.32. The first-order valence-electron chi connectivity index (χ1n) is 6.35. The summed E-state index contributed by atoms with van der Waals surface area (Å²) in [5.74, 6) is -0.237. The first-order valence-corrected chi connectivity index (χ1v) is 6.35. The number of alkyl halides is 3. The van der Waals surface area contributed by atoms with Crippen LogP contribution in [0.2, 0.25) is 0 Å². The van der Waals surface area contributed by atoms with E-state index in [1.54, 1.807) is 6.92 Å². The van der Waals surface area contributed by atoms with Gasteiger partial charge in [0.2, 0.25) is 5.91 Å². The van der Waals surface area contributed by atoms with Gasteiger partial charge in [0.05, 0.1) is 11.6 Å². The molecular formula is C14H19F3N2O. The van der Waals surface area contributed by atoms with Crippen molar-refractivity contribution < 1.29 is 18.0 Å². The Labute approximate surface area is 116 Å². The molecule has 0 fully saturated rings. The molecule has 0 saturated heterocycles. The Balaban J connectivity index is 2.89. The Morgan fingerprint density at radius 1 is 1.35 bits per heavy atom. The molecule has 0 heterocycles. The molecule has 0 aliphatic carbocycles. The molecule has 0 spiro atoms. The fourth-order valence-corrected chi connectivity index (χ4v) is 1.77. The molecule has 0 bridgehead atoms. The smallest absolute Gasteiger partial charge is 0.324 e. The first kappa shape index (κ1) is 16.5. The van der Waals surface area contributed by atoms with Crippen LogP contribution in [0.25, 0.3) is 0 Å². The topological polar surface area (TPSA) is 55.1 Å². The second kappa shape index (κ2) is 6.26. The average Bonchev–Trinajstić information content (AvgIpc) is 2.29. The number of anilines is 1. The second-order valence-electron chi connectivity index (χ2n) is 5.25. The summed E-state index contributed by atoms with van der Waals surface area (Å²) in [6.45, 7) is 5.47. The summed E-state index contributed by atoms with van der Waals surface area (Å²) in [6.07, 6.45) is -3.96. The molecule has 0 aromatic heterocycles. The predicted molar refractivity (Wildman–Crippen MR) is 72.2 cm³/mol. The number of rotatable bonds is 4. The molecule has 0 radical (unpaired) electrons. The lowest BCUT2D eigenvalue weighted by Crippen LogP contribution is -2.36. The SMILES string of the molecule is Cc1ccc(C(F)(F)F)cc1NC(=O)[C@@H](N)CC(C)C. The standard InChI is InChI=1S/C14H19F3N2O/c1-8(2)6-11(18)13(20)19-12-7-10(14(15,16)17)5-4-9(12)3/h4-5,7-8,11H,6,18H2,1-3H3,(H,19,20)/t11-/m0/s1. The van der Waals surface area contributed by atoms with Gasteiger partial charge in [-0.1, -0.05) is 19.9 Å². The van der Waals surface area contributed by atoms with E-state index >= 15 is 0 Å².